The fourth-order valence-electron chi connectivity index (χ4n) is 4.96. The zero-order valence-electron chi connectivity index (χ0n) is 15.2. The van der Waals surface area contributed by atoms with E-state index in [4.69, 9.17) is 0 Å². The van der Waals surface area contributed by atoms with Gasteiger partial charge in [-0.05, 0) is 63.1 Å². The Bertz CT molecular complexity index is 755. The summed E-state index contributed by atoms with van der Waals surface area (Å²) in [5.41, 5.74) is 0.580. The zero-order chi connectivity index (χ0) is 18.1. The van der Waals surface area contributed by atoms with Gasteiger partial charge < -0.3 is 10.2 Å². The molecule has 142 valence electrons. The number of nitrogens with zero attached hydrogens (tertiary/aromatic N) is 1. The maximum absolute atomic E-state index is 12.9. The average molecular weight is 377 g/mol. The Hall–Kier alpha value is -1.56. The molecule has 2 saturated heterocycles. The first kappa shape index (κ1) is 17.8. The molecule has 2 amide bonds. The molecule has 5 nitrogen and oxygen atoms in total. The molecule has 1 aliphatic carbocycles. The number of amides is 2. The summed E-state index contributed by atoms with van der Waals surface area (Å²) in [4.78, 5) is 15.1. The standard InChI is InChI=1S/C20H28N2O3S/c23-20(22-16-7-5-8-17(22)13-12-16)21-15-6-4-11-19(14-15)26(24,25)18-9-2-1-3-10-18/h4,6,11,14,16-18H,1-3,5,7-10,12-13H2,(H,21,23). The number of fused-ring (bicyclic) bond motifs is 2. The molecule has 0 radical (unpaired) electrons. The molecule has 3 fully saturated rings. The maximum atomic E-state index is 12.9. The van der Waals surface area contributed by atoms with E-state index in [2.05, 4.69) is 5.32 Å². The van der Waals surface area contributed by atoms with Crippen LogP contribution in [-0.4, -0.2) is 36.7 Å². The smallest absolute Gasteiger partial charge is 0.319 e. The van der Waals surface area contributed by atoms with Gasteiger partial charge in [0, 0.05) is 17.8 Å². The van der Waals surface area contributed by atoms with Crippen molar-refractivity contribution in [2.24, 2.45) is 0 Å². The fraction of sp³-hybridized carbons (Fsp3) is 0.650. The summed E-state index contributed by atoms with van der Waals surface area (Å²) in [6, 6.07) is 7.42. The third kappa shape index (κ3) is 3.36. The van der Waals surface area contributed by atoms with Gasteiger partial charge in [-0.2, -0.15) is 0 Å². The summed E-state index contributed by atoms with van der Waals surface area (Å²) < 4.78 is 25.8. The Morgan fingerprint density at radius 3 is 2.31 bits per heavy atom. The second-order valence-corrected chi connectivity index (χ2v) is 10.2. The zero-order valence-corrected chi connectivity index (χ0v) is 16.0. The maximum Gasteiger partial charge on any atom is 0.322 e. The average Bonchev–Trinajstić information content (AvgIpc) is 2.92. The molecule has 2 bridgehead atoms. The molecule has 2 aliphatic heterocycles. The summed E-state index contributed by atoms with van der Waals surface area (Å²) in [6.45, 7) is 0. The van der Waals surface area contributed by atoms with Crippen LogP contribution in [0.2, 0.25) is 0 Å². The van der Waals surface area contributed by atoms with Crippen molar-refractivity contribution in [3.05, 3.63) is 24.3 Å². The van der Waals surface area contributed by atoms with E-state index < -0.39 is 9.84 Å². The van der Waals surface area contributed by atoms with Gasteiger partial charge in [-0.1, -0.05) is 25.3 Å². The number of urea groups is 1. The van der Waals surface area contributed by atoms with E-state index >= 15 is 0 Å². The number of benzene rings is 1. The molecule has 4 rings (SSSR count). The normalized spacial score (nSPS) is 26.7. The minimum atomic E-state index is -3.32. The van der Waals surface area contributed by atoms with Gasteiger partial charge in [-0.15, -0.1) is 0 Å². The van der Waals surface area contributed by atoms with E-state index in [1.54, 1.807) is 24.3 Å². The lowest BCUT2D eigenvalue weighted by molar-refractivity contribution is 0.159. The first-order chi connectivity index (χ1) is 12.6. The van der Waals surface area contributed by atoms with Crippen LogP contribution in [0.5, 0.6) is 0 Å². The van der Waals surface area contributed by atoms with Crippen molar-refractivity contribution in [3.8, 4) is 0 Å². The van der Waals surface area contributed by atoms with Gasteiger partial charge in [-0.3, -0.25) is 0 Å². The van der Waals surface area contributed by atoms with Crippen molar-refractivity contribution < 1.29 is 13.2 Å². The SMILES string of the molecule is O=C(Nc1cccc(S(=O)(=O)C2CCCCC2)c1)N1C2CCCC1CC2. The van der Waals surface area contributed by atoms with Gasteiger partial charge >= 0.3 is 6.03 Å². The first-order valence-corrected chi connectivity index (χ1v) is 11.5. The molecule has 1 aromatic carbocycles. The molecule has 2 heterocycles. The largest absolute Gasteiger partial charge is 0.322 e. The number of anilines is 1. The third-order valence-electron chi connectivity index (χ3n) is 6.33. The summed E-state index contributed by atoms with van der Waals surface area (Å²) in [5.74, 6) is 0. The molecule has 2 unspecified atom stereocenters. The van der Waals surface area contributed by atoms with Gasteiger partial charge in [-0.25, -0.2) is 13.2 Å². The van der Waals surface area contributed by atoms with Crippen LogP contribution in [0.3, 0.4) is 0 Å². The predicted molar refractivity (Wildman–Crippen MR) is 102 cm³/mol. The highest BCUT2D eigenvalue weighted by molar-refractivity contribution is 7.92. The lowest BCUT2D eigenvalue weighted by Gasteiger charge is -2.34. The predicted octanol–water partition coefficient (Wildman–Crippen LogP) is 4.34. The highest BCUT2D eigenvalue weighted by Crippen LogP contribution is 2.36. The summed E-state index contributed by atoms with van der Waals surface area (Å²) >= 11 is 0. The Balaban J connectivity index is 1.50. The quantitative estimate of drug-likeness (QED) is 0.853. The van der Waals surface area contributed by atoms with Crippen molar-refractivity contribution in [2.75, 3.05) is 5.32 Å². The summed E-state index contributed by atoms with van der Waals surface area (Å²) in [5, 5.41) is 2.67. The van der Waals surface area contributed by atoms with Crippen LogP contribution < -0.4 is 5.32 Å². The van der Waals surface area contributed by atoms with Crippen LogP contribution in [0.15, 0.2) is 29.2 Å². The van der Waals surface area contributed by atoms with Crippen molar-refractivity contribution >= 4 is 21.6 Å². The molecule has 0 spiro atoms. The Morgan fingerprint density at radius 1 is 0.923 bits per heavy atom. The molecule has 6 heteroatoms. The van der Waals surface area contributed by atoms with Crippen LogP contribution in [-0.2, 0) is 9.84 Å². The second-order valence-electron chi connectivity index (χ2n) is 7.99. The number of carbonyl (C=O) groups is 1. The van der Waals surface area contributed by atoms with Crippen LogP contribution in [0.4, 0.5) is 10.5 Å². The number of piperidine rings is 1. The van der Waals surface area contributed by atoms with Gasteiger partial charge in [0.25, 0.3) is 0 Å². The van der Waals surface area contributed by atoms with Gasteiger partial charge in [0.15, 0.2) is 9.84 Å². The highest BCUT2D eigenvalue weighted by atomic mass is 32.2. The second kappa shape index (κ2) is 7.22. The van der Waals surface area contributed by atoms with Gasteiger partial charge in [0.1, 0.15) is 0 Å². The highest BCUT2D eigenvalue weighted by Gasteiger charge is 2.39. The molecular weight excluding hydrogens is 348 g/mol. The molecule has 3 aliphatic rings. The number of nitrogens with one attached hydrogen (secondary N) is 1. The Kier molecular flexibility index (Phi) is 4.95. The topological polar surface area (TPSA) is 66.5 Å². The summed E-state index contributed by atoms with van der Waals surface area (Å²) in [6.07, 6.45) is 10.1. The molecule has 1 saturated carbocycles. The first-order valence-electron chi connectivity index (χ1n) is 9.99. The van der Waals surface area contributed by atoms with E-state index in [0.717, 1.165) is 57.8 Å². The van der Waals surface area contributed by atoms with E-state index in [1.807, 2.05) is 4.90 Å². The van der Waals surface area contributed by atoms with Crippen LogP contribution in [0.1, 0.15) is 64.2 Å². The molecular formula is C20H28N2O3S. The number of rotatable bonds is 3. The van der Waals surface area contributed by atoms with Gasteiger partial charge in [0.2, 0.25) is 0 Å². The molecule has 1 N–H and O–H groups in total. The molecule has 2 atom stereocenters. The Morgan fingerprint density at radius 2 is 1.62 bits per heavy atom. The third-order valence-corrected chi connectivity index (χ3v) is 8.59. The van der Waals surface area contributed by atoms with Crippen LogP contribution in [0, 0.1) is 0 Å². The fourth-order valence-corrected chi connectivity index (χ4v) is 6.85. The van der Waals surface area contributed by atoms with E-state index in [9.17, 15) is 13.2 Å². The number of hydrogen-bond donors (Lipinski definition) is 1. The minimum absolute atomic E-state index is 0.0792. The van der Waals surface area contributed by atoms with Crippen molar-refractivity contribution in [1.82, 2.24) is 4.90 Å². The van der Waals surface area contributed by atoms with Crippen LogP contribution in [0.25, 0.3) is 0 Å². The van der Waals surface area contributed by atoms with Crippen molar-refractivity contribution in [3.63, 3.8) is 0 Å². The van der Waals surface area contributed by atoms with Crippen LogP contribution >= 0.6 is 0 Å². The molecule has 0 aromatic heterocycles. The molecule has 1 aromatic rings. The molecule has 26 heavy (non-hydrogen) atoms. The minimum Gasteiger partial charge on any atom is -0.319 e. The van der Waals surface area contributed by atoms with E-state index in [-0.39, 0.29) is 11.3 Å². The lowest BCUT2D eigenvalue weighted by atomic mass is 10.0. The van der Waals surface area contributed by atoms with Crippen molar-refractivity contribution in [2.45, 2.75) is 86.4 Å². The summed E-state index contributed by atoms with van der Waals surface area (Å²) in [7, 11) is -3.32. The van der Waals surface area contributed by atoms with Gasteiger partial charge in [0.05, 0.1) is 10.1 Å². The monoisotopic (exact) mass is 376 g/mol. The van der Waals surface area contributed by atoms with E-state index in [1.165, 1.54) is 6.42 Å². The van der Waals surface area contributed by atoms with Crippen molar-refractivity contribution in [1.29, 1.82) is 0 Å². The Labute approximate surface area is 156 Å². The number of carbonyl (C=O) groups excluding carboxylic acids is 1. The number of sulfone groups is 1. The lowest BCUT2D eigenvalue weighted by Crippen LogP contribution is -2.46. The van der Waals surface area contributed by atoms with E-state index in [0.29, 0.717) is 22.7 Å². The number of hydrogen-bond acceptors (Lipinski definition) is 3.